The summed E-state index contributed by atoms with van der Waals surface area (Å²) in [5.41, 5.74) is 0.0370. The molecule has 0 saturated carbocycles. The first-order valence-electron chi connectivity index (χ1n) is 4.72. The number of para-hydroxylation sites is 1. The van der Waals surface area contributed by atoms with Gasteiger partial charge in [0.25, 0.3) is 0 Å². The molecule has 1 aromatic carbocycles. The van der Waals surface area contributed by atoms with Gasteiger partial charge in [-0.15, -0.1) is 23.2 Å². The molecule has 0 saturated heterocycles. The second-order valence-electron chi connectivity index (χ2n) is 3.36. The fraction of sp³-hybridized carbons (Fsp3) is 0.300. The Morgan fingerprint density at radius 2 is 2.06 bits per heavy atom. The van der Waals surface area contributed by atoms with E-state index in [1.165, 1.54) is 25.2 Å². The van der Waals surface area contributed by atoms with E-state index >= 15 is 0 Å². The van der Waals surface area contributed by atoms with Crippen molar-refractivity contribution in [3.63, 3.8) is 0 Å². The molecule has 1 rings (SSSR count). The quantitative estimate of drug-likeness (QED) is 0.614. The van der Waals surface area contributed by atoms with E-state index in [1.807, 2.05) is 0 Å². The SMILES string of the molecule is CN(C(=O)Nc1ccccc1F)C(Cl)(Br)C(Cl)Cl. The van der Waals surface area contributed by atoms with Crippen LogP contribution in [0.1, 0.15) is 0 Å². The van der Waals surface area contributed by atoms with Crippen LogP contribution in [0.15, 0.2) is 24.3 Å². The highest BCUT2D eigenvalue weighted by Gasteiger charge is 2.39. The van der Waals surface area contributed by atoms with E-state index in [1.54, 1.807) is 6.07 Å². The minimum atomic E-state index is -1.48. The first-order valence-corrected chi connectivity index (χ1v) is 6.76. The zero-order valence-electron chi connectivity index (χ0n) is 9.13. The first kappa shape index (κ1) is 15.8. The van der Waals surface area contributed by atoms with Gasteiger partial charge in [0.15, 0.2) is 4.84 Å². The van der Waals surface area contributed by atoms with Crippen LogP contribution in [0.4, 0.5) is 14.9 Å². The predicted molar refractivity (Wildman–Crippen MR) is 76.2 cm³/mol. The topological polar surface area (TPSA) is 32.3 Å². The summed E-state index contributed by atoms with van der Waals surface area (Å²) in [7, 11) is 1.37. The van der Waals surface area contributed by atoms with E-state index in [-0.39, 0.29) is 5.69 Å². The van der Waals surface area contributed by atoms with Gasteiger partial charge < -0.3 is 5.32 Å². The van der Waals surface area contributed by atoms with Crippen LogP contribution in [0.3, 0.4) is 0 Å². The second-order valence-corrected chi connectivity index (χ2v) is 6.70. The Labute approximate surface area is 127 Å². The van der Waals surface area contributed by atoms with Crippen molar-refractivity contribution in [1.29, 1.82) is 0 Å². The van der Waals surface area contributed by atoms with Gasteiger partial charge in [-0.1, -0.05) is 23.7 Å². The Hall–Kier alpha value is -0.230. The highest BCUT2D eigenvalue weighted by atomic mass is 79.9. The summed E-state index contributed by atoms with van der Waals surface area (Å²) in [6.07, 6.45) is 0. The van der Waals surface area contributed by atoms with Crippen molar-refractivity contribution in [3.8, 4) is 0 Å². The van der Waals surface area contributed by atoms with Crippen molar-refractivity contribution in [1.82, 2.24) is 4.90 Å². The second kappa shape index (κ2) is 6.28. The van der Waals surface area contributed by atoms with E-state index in [9.17, 15) is 9.18 Å². The average molecular weight is 378 g/mol. The largest absolute Gasteiger partial charge is 0.323 e. The van der Waals surface area contributed by atoms with Crippen LogP contribution in [-0.2, 0) is 0 Å². The highest BCUT2D eigenvalue weighted by molar-refractivity contribution is 9.10. The van der Waals surface area contributed by atoms with Crippen LogP contribution in [0.5, 0.6) is 0 Å². The highest BCUT2D eigenvalue weighted by Crippen LogP contribution is 2.37. The molecule has 100 valence electrons. The molecule has 0 aliphatic heterocycles. The van der Waals surface area contributed by atoms with Crippen molar-refractivity contribution in [2.24, 2.45) is 0 Å². The van der Waals surface area contributed by atoms with Gasteiger partial charge in [0.2, 0.25) is 3.91 Å². The lowest BCUT2D eigenvalue weighted by atomic mass is 10.3. The molecule has 1 unspecified atom stereocenters. The third-order valence-electron chi connectivity index (χ3n) is 2.13. The molecule has 8 heteroatoms. The van der Waals surface area contributed by atoms with E-state index in [4.69, 9.17) is 34.8 Å². The minimum absolute atomic E-state index is 0.0370. The molecule has 18 heavy (non-hydrogen) atoms. The zero-order chi connectivity index (χ0) is 13.9. The van der Waals surface area contributed by atoms with Gasteiger partial charge in [-0.05, 0) is 28.1 Å². The van der Waals surface area contributed by atoms with Crippen LogP contribution in [0.2, 0.25) is 0 Å². The van der Waals surface area contributed by atoms with E-state index < -0.39 is 20.6 Å². The number of nitrogens with one attached hydrogen (secondary N) is 1. The number of halogens is 5. The first-order chi connectivity index (χ1) is 8.26. The molecule has 1 aromatic rings. The lowest BCUT2D eigenvalue weighted by Gasteiger charge is -2.32. The normalized spacial score (nSPS) is 14.2. The lowest BCUT2D eigenvalue weighted by molar-refractivity contribution is 0.216. The van der Waals surface area contributed by atoms with Crippen LogP contribution in [0.25, 0.3) is 0 Å². The van der Waals surface area contributed by atoms with Crippen LogP contribution >= 0.6 is 50.7 Å². The summed E-state index contributed by atoms with van der Waals surface area (Å²) >= 11 is 20.2. The molecule has 0 aliphatic carbocycles. The third-order valence-corrected chi connectivity index (χ3v) is 4.97. The number of hydrogen-bond donors (Lipinski definition) is 1. The van der Waals surface area contributed by atoms with Crippen molar-refractivity contribution in [3.05, 3.63) is 30.1 Å². The number of rotatable bonds is 3. The molecule has 2 amide bonds. The van der Waals surface area contributed by atoms with Crippen molar-refractivity contribution in [2.75, 3.05) is 12.4 Å². The fourth-order valence-electron chi connectivity index (χ4n) is 1.04. The maximum absolute atomic E-state index is 13.3. The van der Waals surface area contributed by atoms with Crippen molar-refractivity contribution >= 4 is 62.5 Å². The molecule has 3 nitrogen and oxygen atoms in total. The van der Waals surface area contributed by atoms with Gasteiger partial charge in [-0.3, -0.25) is 4.90 Å². The van der Waals surface area contributed by atoms with Gasteiger partial charge >= 0.3 is 6.03 Å². The molecule has 0 aliphatic rings. The molecule has 1 N–H and O–H groups in total. The Morgan fingerprint density at radius 1 is 1.50 bits per heavy atom. The Balaban J connectivity index is 2.81. The predicted octanol–water partition coefficient (Wildman–Crippen LogP) is 4.38. The monoisotopic (exact) mass is 376 g/mol. The smallest absolute Gasteiger partial charge is 0.305 e. The summed E-state index contributed by atoms with van der Waals surface area (Å²) in [5.74, 6) is -0.553. The summed E-state index contributed by atoms with van der Waals surface area (Å²) in [5, 5.41) is 2.35. The molecule has 0 aromatic heterocycles. The van der Waals surface area contributed by atoms with Crippen molar-refractivity contribution in [2.45, 2.75) is 8.74 Å². The number of hydrogen-bond acceptors (Lipinski definition) is 1. The lowest BCUT2D eigenvalue weighted by Crippen LogP contribution is -2.47. The van der Waals surface area contributed by atoms with Gasteiger partial charge in [-0.25, -0.2) is 9.18 Å². The number of nitrogens with zero attached hydrogens (tertiary/aromatic N) is 1. The molecule has 0 fully saturated rings. The van der Waals surface area contributed by atoms with Crippen molar-refractivity contribution < 1.29 is 9.18 Å². The molecule has 0 radical (unpaired) electrons. The van der Waals surface area contributed by atoms with Gasteiger partial charge in [0.05, 0.1) is 5.69 Å². The fourth-order valence-corrected chi connectivity index (χ4v) is 1.57. The maximum Gasteiger partial charge on any atom is 0.323 e. The van der Waals surface area contributed by atoms with Gasteiger partial charge in [0.1, 0.15) is 5.82 Å². The minimum Gasteiger partial charge on any atom is -0.305 e. The number of benzene rings is 1. The number of carbonyl (C=O) groups is 1. The summed E-state index contributed by atoms with van der Waals surface area (Å²) < 4.78 is 11.9. The average Bonchev–Trinajstić information content (AvgIpc) is 2.30. The summed E-state index contributed by atoms with van der Waals surface area (Å²) in [4.78, 5) is 11.8. The van der Waals surface area contributed by atoms with Crippen LogP contribution < -0.4 is 5.32 Å². The number of alkyl halides is 4. The van der Waals surface area contributed by atoms with Gasteiger partial charge in [0, 0.05) is 7.05 Å². The Kier molecular flexibility index (Phi) is 5.52. The summed E-state index contributed by atoms with van der Waals surface area (Å²) in [6, 6.07) is 5.09. The number of urea groups is 1. The molecule has 1 atom stereocenters. The Morgan fingerprint density at radius 3 is 2.56 bits per heavy atom. The maximum atomic E-state index is 13.3. The molecule has 0 bridgehead atoms. The van der Waals surface area contributed by atoms with Gasteiger partial charge in [-0.2, -0.15) is 0 Å². The van der Waals surface area contributed by atoms with E-state index in [0.29, 0.717) is 0 Å². The number of anilines is 1. The van der Waals surface area contributed by atoms with Crippen LogP contribution in [0, 0.1) is 5.82 Å². The van der Waals surface area contributed by atoms with E-state index in [2.05, 4.69) is 21.2 Å². The standard InChI is InChI=1S/C10H9BrCl3FN2O/c1-17(10(11,14)8(12)13)9(18)16-7-5-3-2-4-6(7)15/h2-5,8H,1H3,(H,16,18). The molecule has 0 spiro atoms. The molecule has 0 heterocycles. The third kappa shape index (κ3) is 3.63. The number of amides is 2. The zero-order valence-corrected chi connectivity index (χ0v) is 13.0. The molecular weight excluding hydrogens is 369 g/mol. The summed E-state index contributed by atoms with van der Waals surface area (Å²) in [6.45, 7) is 0. The Bertz CT molecular complexity index is 445. The van der Waals surface area contributed by atoms with E-state index in [0.717, 1.165) is 4.90 Å². The molecular formula is C10H9BrCl3FN2O. The van der Waals surface area contributed by atoms with Crippen LogP contribution in [-0.4, -0.2) is 26.7 Å². The number of carbonyl (C=O) groups excluding carboxylic acids is 1.